The SMILES string of the molecule is C=CCN1CC[C@]23c4c5c([N+](=O)[O-])cc(O)c4O[C@H]2[C@@H](N(C)C(=O)C#Cc2ccc(C)c(C)c2)CC[C@H]3[C@H]1C5. The van der Waals surface area contributed by atoms with Crippen LogP contribution in [0.25, 0.3) is 0 Å². The molecule has 1 N–H and O–H groups in total. The number of benzene rings is 2. The Morgan fingerprint density at radius 1 is 1.33 bits per heavy atom. The molecule has 5 atom stereocenters. The van der Waals surface area contributed by atoms with E-state index in [2.05, 4.69) is 23.3 Å². The Labute approximate surface area is 228 Å². The summed E-state index contributed by atoms with van der Waals surface area (Å²) in [5.74, 6) is 5.90. The molecule has 1 spiro atoms. The van der Waals surface area contributed by atoms with Gasteiger partial charge in [0.25, 0.3) is 11.6 Å². The lowest BCUT2D eigenvalue weighted by molar-refractivity contribution is -0.385. The summed E-state index contributed by atoms with van der Waals surface area (Å²) < 4.78 is 6.56. The molecule has 2 fully saturated rings. The second-order valence-corrected chi connectivity index (χ2v) is 11.5. The molecule has 0 unspecified atom stereocenters. The summed E-state index contributed by atoms with van der Waals surface area (Å²) in [6, 6.07) is 6.96. The normalized spacial score (nSPS) is 28.0. The van der Waals surface area contributed by atoms with Crippen LogP contribution in [0.5, 0.6) is 11.5 Å². The molecule has 1 saturated carbocycles. The van der Waals surface area contributed by atoms with Crippen molar-refractivity contribution in [2.24, 2.45) is 5.92 Å². The van der Waals surface area contributed by atoms with Crippen molar-refractivity contribution in [2.75, 3.05) is 20.1 Å². The smallest absolute Gasteiger partial charge is 0.298 e. The van der Waals surface area contributed by atoms with Crippen molar-refractivity contribution in [3.8, 4) is 23.3 Å². The van der Waals surface area contributed by atoms with Crippen LogP contribution < -0.4 is 4.74 Å². The first kappa shape index (κ1) is 25.4. The lowest BCUT2D eigenvalue weighted by atomic mass is 9.50. The van der Waals surface area contributed by atoms with E-state index in [-0.39, 0.29) is 35.3 Å². The minimum Gasteiger partial charge on any atom is -0.504 e. The van der Waals surface area contributed by atoms with Gasteiger partial charge < -0.3 is 14.7 Å². The molecule has 2 bridgehead atoms. The number of rotatable bonds is 4. The van der Waals surface area contributed by atoms with E-state index >= 15 is 0 Å². The molecule has 2 aliphatic carbocycles. The molecule has 1 saturated heterocycles. The number of aromatic hydroxyl groups is 1. The number of aryl methyl sites for hydroxylation is 2. The van der Waals surface area contributed by atoms with Crippen LogP contribution in [-0.4, -0.2) is 64.1 Å². The number of nitrogens with zero attached hydrogens (tertiary/aromatic N) is 3. The summed E-state index contributed by atoms with van der Waals surface area (Å²) in [5, 5.41) is 23.0. The van der Waals surface area contributed by atoms with Gasteiger partial charge in [0.05, 0.1) is 17.0 Å². The highest BCUT2D eigenvalue weighted by Crippen LogP contribution is 2.65. The van der Waals surface area contributed by atoms with E-state index in [0.717, 1.165) is 42.5 Å². The van der Waals surface area contributed by atoms with Crippen LogP contribution in [0.2, 0.25) is 0 Å². The maximum absolute atomic E-state index is 13.3. The maximum atomic E-state index is 13.3. The van der Waals surface area contributed by atoms with Crippen LogP contribution in [-0.2, 0) is 16.6 Å². The molecule has 1 amide bonds. The second kappa shape index (κ2) is 9.13. The monoisotopic (exact) mass is 527 g/mol. The van der Waals surface area contributed by atoms with Crippen LogP contribution in [0.15, 0.2) is 36.9 Å². The summed E-state index contributed by atoms with van der Waals surface area (Å²) in [5.41, 5.74) is 3.98. The third kappa shape index (κ3) is 3.67. The minimum atomic E-state index is -0.506. The highest BCUT2D eigenvalue weighted by atomic mass is 16.6. The average Bonchev–Trinajstić information content (AvgIpc) is 3.26. The zero-order valence-corrected chi connectivity index (χ0v) is 22.6. The van der Waals surface area contributed by atoms with Crippen molar-refractivity contribution in [1.29, 1.82) is 0 Å². The van der Waals surface area contributed by atoms with Gasteiger partial charge in [-0.2, -0.15) is 0 Å². The molecular weight excluding hydrogens is 494 g/mol. The summed E-state index contributed by atoms with van der Waals surface area (Å²) in [7, 11) is 1.77. The summed E-state index contributed by atoms with van der Waals surface area (Å²) in [6.07, 6.45) is 4.34. The Hall–Kier alpha value is -3.83. The van der Waals surface area contributed by atoms with E-state index in [0.29, 0.717) is 24.3 Å². The number of amides is 1. The number of hydrogen-bond acceptors (Lipinski definition) is 6. The van der Waals surface area contributed by atoms with E-state index < -0.39 is 16.4 Å². The first-order valence-corrected chi connectivity index (χ1v) is 13.6. The molecule has 2 heterocycles. The number of phenolic OH excluding ortho intramolecular Hbond substituents is 1. The number of nitro benzene ring substituents is 1. The van der Waals surface area contributed by atoms with E-state index in [1.807, 2.05) is 38.1 Å². The van der Waals surface area contributed by atoms with Crippen molar-refractivity contribution >= 4 is 11.6 Å². The first-order chi connectivity index (χ1) is 18.7. The van der Waals surface area contributed by atoms with Gasteiger partial charge in [0.15, 0.2) is 11.5 Å². The Morgan fingerprint density at radius 3 is 2.85 bits per heavy atom. The van der Waals surface area contributed by atoms with Crippen molar-refractivity contribution < 1.29 is 19.6 Å². The Morgan fingerprint density at radius 2 is 2.13 bits per heavy atom. The van der Waals surface area contributed by atoms with Crippen molar-refractivity contribution in [2.45, 2.75) is 63.1 Å². The van der Waals surface area contributed by atoms with E-state index in [4.69, 9.17) is 4.74 Å². The van der Waals surface area contributed by atoms with Gasteiger partial charge >= 0.3 is 0 Å². The second-order valence-electron chi connectivity index (χ2n) is 11.5. The molecule has 6 rings (SSSR count). The van der Waals surface area contributed by atoms with Crippen LogP contribution in [0, 0.1) is 41.7 Å². The number of hydrogen-bond donors (Lipinski definition) is 1. The van der Waals surface area contributed by atoms with Gasteiger partial charge in [-0.15, -0.1) is 6.58 Å². The highest BCUT2D eigenvalue weighted by molar-refractivity contribution is 5.94. The predicted octanol–water partition coefficient (Wildman–Crippen LogP) is 4.02. The Balaban J connectivity index is 1.40. The van der Waals surface area contributed by atoms with Gasteiger partial charge in [-0.3, -0.25) is 19.8 Å². The van der Waals surface area contributed by atoms with Crippen LogP contribution in [0.4, 0.5) is 5.69 Å². The zero-order chi connectivity index (χ0) is 27.6. The van der Waals surface area contributed by atoms with Gasteiger partial charge in [-0.25, -0.2) is 0 Å². The maximum Gasteiger partial charge on any atom is 0.298 e. The number of ether oxygens (including phenoxy) is 1. The summed E-state index contributed by atoms with van der Waals surface area (Å²) in [4.78, 5) is 29.1. The van der Waals surface area contributed by atoms with Crippen LogP contribution in [0.1, 0.15) is 47.1 Å². The summed E-state index contributed by atoms with van der Waals surface area (Å²) >= 11 is 0. The fraction of sp³-hybridized carbons (Fsp3) is 0.452. The van der Waals surface area contributed by atoms with Gasteiger partial charge in [0.2, 0.25) is 0 Å². The third-order valence-electron chi connectivity index (χ3n) is 9.70. The Kier molecular flexibility index (Phi) is 5.96. The van der Waals surface area contributed by atoms with Gasteiger partial charge in [-0.05, 0) is 75.3 Å². The first-order valence-electron chi connectivity index (χ1n) is 13.6. The third-order valence-corrected chi connectivity index (χ3v) is 9.70. The lowest BCUT2D eigenvalue weighted by Gasteiger charge is -2.60. The number of phenols is 1. The number of carbonyl (C=O) groups is 1. The van der Waals surface area contributed by atoms with Crippen LogP contribution >= 0.6 is 0 Å². The van der Waals surface area contributed by atoms with E-state index in [1.165, 1.54) is 11.6 Å². The molecule has 2 aliphatic heterocycles. The zero-order valence-electron chi connectivity index (χ0n) is 22.6. The Bertz CT molecular complexity index is 1470. The molecule has 4 aliphatic rings. The quantitative estimate of drug-likeness (QED) is 0.279. The molecule has 8 nitrogen and oxygen atoms in total. The van der Waals surface area contributed by atoms with E-state index in [9.17, 15) is 20.0 Å². The molecule has 0 radical (unpaired) electrons. The number of likely N-dealkylation sites (tertiary alicyclic amines) is 1. The molecule has 2 aromatic carbocycles. The largest absolute Gasteiger partial charge is 0.504 e. The minimum absolute atomic E-state index is 0.0513. The molecule has 202 valence electrons. The standard InChI is InChI=1S/C31H33N3O5/c1-5-13-33-14-12-31-22-9-10-23(32(4)27(36)11-8-20-7-6-18(2)19(3)15-20)30(31)39-29-26(35)17-24(34(37)38)21(28(29)31)16-25(22)33/h5-7,15,17,22-23,25,30,35H,1,9-10,12-14,16H2,2-4H3/t22-,23-,25+,30-,31-/m0/s1. The lowest BCUT2D eigenvalue weighted by Crippen LogP contribution is -2.68. The fourth-order valence-electron chi connectivity index (χ4n) is 7.80. The van der Waals surface area contributed by atoms with E-state index in [1.54, 1.807) is 11.9 Å². The molecular formula is C31H33N3O5. The summed E-state index contributed by atoms with van der Waals surface area (Å²) in [6.45, 7) is 9.50. The van der Waals surface area contributed by atoms with Crippen molar-refractivity contribution in [3.05, 3.63) is 74.9 Å². The van der Waals surface area contributed by atoms with Gasteiger partial charge in [0.1, 0.15) is 6.10 Å². The average molecular weight is 528 g/mol. The molecule has 39 heavy (non-hydrogen) atoms. The number of carbonyl (C=O) groups excluding carboxylic acids is 1. The van der Waals surface area contributed by atoms with Crippen molar-refractivity contribution in [1.82, 2.24) is 9.80 Å². The molecule has 2 aromatic rings. The number of nitro groups is 1. The van der Waals surface area contributed by atoms with Gasteiger partial charge in [0, 0.05) is 47.7 Å². The number of likely N-dealkylation sites (N-methyl/N-ethyl adjacent to an activating group) is 1. The van der Waals surface area contributed by atoms with Gasteiger partial charge in [-0.1, -0.05) is 18.1 Å². The molecule has 8 heteroatoms. The number of piperidine rings is 1. The van der Waals surface area contributed by atoms with Crippen molar-refractivity contribution in [3.63, 3.8) is 0 Å². The topological polar surface area (TPSA) is 96.2 Å². The fourth-order valence-corrected chi connectivity index (χ4v) is 7.80. The van der Waals surface area contributed by atoms with Crippen LogP contribution in [0.3, 0.4) is 0 Å². The highest BCUT2D eigenvalue weighted by Gasteiger charge is 2.67. The molecule has 0 aromatic heterocycles. The predicted molar refractivity (Wildman–Crippen MR) is 147 cm³/mol.